The number of aliphatic imine (C=N–C) groups is 1. The van der Waals surface area contributed by atoms with Crippen LogP contribution >= 0.6 is 0 Å². The van der Waals surface area contributed by atoms with Gasteiger partial charge in [0.1, 0.15) is 13.3 Å². The van der Waals surface area contributed by atoms with E-state index >= 15 is 0 Å². The van der Waals surface area contributed by atoms with Crippen molar-refractivity contribution in [2.45, 2.75) is 6.73 Å². The van der Waals surface area contributed by atoms with Crippen LogP contribution in [0.2, 0.25) is 0 Å². The summed E-state index contributed by atoms with van der Waals surface area (Å²) in [7, 11) is 0. The first kappa shape index (κ1) is 19.1. The van der Waals surface area contributed by atoms with Gasteiger partial charge in [-0.2, -0.15) is 4.98 Å². The first-order valence-corrected chi connectivity index (χ1v) is 7.58. The molecule has 1 aliphatic heterocycles. The predicted molar refractivity (Wildman–Crippen MR) is 91.3 cm³/mol. The number of carboxylic acid groups (broad SMARTS) is 1. The maximum atomic E-state index is 11.4. The molecule has 13 nitrogen and oxygen atoms in total. The zero-order chi connectivity index (χ0) is 19.1. The summed E-state index contributed by atoms with van der Waals surface area (Å²) in [5.74, 6) is -0.510. The minimum absolute atomic E-state index is 0.0291. The molecule has 0 unspecified atom stereocenters. The Bertz CT molecular complexity index is 845. The second-order valence-corrected chi connectivity index (χ2v) is 5.15. The van der Waals surface area contributed by atoms with Gasteiger partial charge in [-0.15, -0.1) is 0 Å². The van der Waals surface area contributed by atoms with Crippen LogP contribution in [0.4, 0.5) is 5.95 Å². The number of aliphatic hydroxyl groups excluding tert-OH is 1. The highest BCUT2D eigenvalue weighted by Crippen LogP contribution is 2.06. The van der Waals surface area contributed by atoms with E-state index in [4.69, 9.17) is 26.4 Å². The van der Waals surface area contributed by atoms with Crippen LogP contribution in [0.3, 0.4) is 0 Å². The third kappa shape index (κ3) is 4.90. The molecule has 0 bridgehead atoms. The SMILES string of the molecule is NC1=NCCN1CC(=O)O.Nc1nc2c(ncn2COCCO)c(=O)[nH]1. The average Bonchev–Trinajstić information content (AvgIpc) is 3.15. The Morgan fingerprint density at radius 3 is 2.81 bits per heavy atom. The molecule has 0 atom stereocenters. The highest BCUT2D eigenvalue weighted by atomic mass is 16.5. The van der Waals surface area contributed by atoms with Crippen LogP contribution in [0, 0.1) is 0 Å². The van der Waals surface area contributed by atoms with Crippen LogP contribution in [0.1, 0.15) is 0 Å². The molecule has 0 radical (unpaired) electrons. The van der Waals surface area contributed by atoms with Gasteiger partial charge in [-0.25, -0.2) is 4.98 Å². The minimum atomic E-state index is -0.875. The predicted octanol–water partition coefficient (Wildman–Crippen LogP) is -2.63. The zero-order valence-corrected chi connectivity index (χ0v) is 13.8. The van der Waals surface area contributed by atoms with Gasteiger partial charge in [-0.05, 0) is 0 Å². The van der Waals surface area contributed by atoms with Crippen LogP contribution < -0.4 is 17.0 Å². The summed E-state index contributed by atoms with van der Waals surface area (Å²) in [5.41, 5.74) is 10.9. The summed E-state index contributed by atoms with van der Waals surface area (Å²) in [5, 5.41) is 16.9. The van der Waals surface area contributed by atoms with Crippen molar-refractivity contribution in [2.24, 2.45) is 10.7 Å². The molecular weight excluding hydrogens is 348 g/mol. The number of ether oxygens (including phenoxy) is 1. The molecular formula is C13H20N8O5. The Hall–Kier alpha value is -3.19. The molecule has 7 N–H and O–H groups in total. The van der Waals surface area contributed by atoms with E-state index in [1.165, 1.54) is 15.8 Å². The number of carbonyl (C=O) groups is 1. The van der Waals surface area contributed by atoms with Gasteiger partial charge in [-0.3, -0.25) is 24.1 Å². The number of nitrogens with two attached hydrogens (primary N) is 2. The lowest BCUT2D eigenvalue weighted by Crippen LogP contribution is -2.37. The summed E-state index contributed by atoms with van der Waals surface area (Å²) < 4.78 is 6.63. The number of nitrogens with one attached hydrogen (secondary N) is 1. The van der Waals surface area contributed by atoms with E-state index in [0.29, 0.717) is 24.7 Å². The maximum absolute atomic E-state index is 11.4. The van der Waals surface area contributed by atoms with Crippen LogP contribution in [0.25, 0.3) is 11.2 Å². The van der Waals surface area contributed by atoms with Gasteiger partial charge in [0.15, 0.2) is 17.1 Å². The number of fused-ring (bicyclic) bond motifs is 1. The van der Waals surface area contributed by atoms with Gasteiger partial charge >= 0.3 is 5.97 Å². The molecule has 0 saturated heterocycles. The number of H-pyrrole nitrogens is 1. The van der Waals surface area contributed by atoms with E-state index < -0.39 is 5.97 Å². The lowest BCUT2D eigenvalue weighted by Gasteiger charge is -2.13. The Kier molecular flexibility index (Phi) is 6.46. The number of carboxylic acids is 1. The second kappa shape index (κ2) is 8.77. The molecule has 142 valence electrons. The number of aromatic amines is 1. The Morgan fingerprint density at radius 2 is 2.19 bits per heavy atom. The number of aliphatic carboxylic acids is 1. The summed E-state index contributed by atoms with van der Waals surface area (Å²) >= 11 is 0. The molecule has 0 fully saturated rings. The van der Waals surface area contributed by atoms with E-state index in [2.05, 4.69) is 19.9 Å². The lowest BCUT2D eigenvalue weighted by molar-refractivity contribution is -0.137. The van der Waals surface area contributed by atoms with Gasteiger partial charge in [0.25, 0.3) is 5.56 Å². The number of nitrogen functional groups attached to an aromatic ring is 1. The molecule has 2 aromatic rings. The molecule has 3 rings (SSSR count). The number of nitrogens with zero attached hydrogens (tertiary/aromatic N) is 5. The van der Waals surface area contributed by atoms with E-state index in [-0.39, 0.29) is 43.5 Å². The zero-order valence-electron chi connectivity index (χ0n) is 13.8. The maximum Gasteiger partial charge on any atom is 0.323 e. The molecule has 3 heterocycles. The van der Waals surface area contributed by atoms with E-state index in [0.717, 1.165) is 0 Å². The number of anilines is 1. The van der Waals surface area contributed by atoms with Crippen molar-refractivity contribution in [3.63, 3.8) is 0 Å². The number of hydrogen-bond donors (Lipinski definition) is 5. The quantitative estimate of drug-likeness (QED) is 0.336. The van der Waals surface area contributed by atoms with Crippen LogP contribution in [0.5, 0.6) is 0 Å². The minimum Gasteiger partial charge on any atom is -0.480 e. The van der Waals surface area contributed by atoms with E-state index in [9.17, 15) is 9.59 Å². The Morgan fingerprint density at radius 1 is 1.42 bits per heavy atom. The molecule has 0 saturated carbocycles. The smallest absolute Gasteiger partial charge is 0.323 e. The molecule has 13 heteroatoms. The standard InChI is InChI=1S/C8H11N5O3.C5H9N3O2/c9-8-11-6-5(7(15)12-8)10-3-13(6)4-16-2-1-14;6-5-7-1-2-8(5)3-4(9)10/h3,14H,1-2,4H2,(H3,9,11,12,15);1-3H2,(H2,6,7)(H,9,10). The Labute approximate surface area is 146 Å². The fourth-order valence-corrected chi connectivity index (χ4v) is 2.12. The summed E-state index contributed by atoms with van der Waals surface area (Å²) in [4.78, 5) is 37.1. The molecule has 0 aromatic carbocycles. The van der Waals surface area contributed by atoms with Gasteiger partial charge in [0, 0.05) is 6.54 Å². The number of rotatable bonds is 6. The first-order chi connectivity index (χ1) is 12.4. The molecule has 0 aliphatic carbocycles. The van der Waals surface area contributed by atoms with Crippen molar-refractivity contribution in [2.75, 3.05) is 38.6 Å². The van der Waals surface area contributed by atoms with Crippen LogP contribution in [-0.2, 0) is 16.3 Å². The highest BCUT2D eigenvalue weighted by Gasteiger charge is 2.15. The van der Waals surface area contributed by atoms with Gasteiger partial charge in [0.2, 0.25) is 5.95 Å². The van der Waals surface area contributed by atoms with Crippen molar-refractivity contribution < 1.29 is 19.7 Å². The molecule has 26 heavy (non-hydrogen) atoms. The van der Waals surface area contributed by atoms with E-state index in [1.807, 2.05) is 0 Å². The molecule has 0 spiro atoms. The van der Waals surface area contributed by atoms with Crippen molar-refractivity contribution in [1.29, 1.82) is 0 Å². The largest absolute Gasteiger partial charge is 0.480 e. The topological polar surface area (TPSA) is 198 Å². The summed E-state index contributed by atoms with van der Waals surface area (Å²) in [6.07, 6.45) is 1.43. The third-order valence-corrected chi connectivity index (χ3v) is 3.25. The van der Waals surface area contributed by atoms with Crippen LogP contribution in [-0.4, -0.2) is 79.4 Å². The van der Waals surface area contributed by atoms with Gasteiger partial charge in [-0.1, -0.05) is 0 Å². The van der Waals surface area contributed by atoms with Crippen molar-refractivity contribution >= 4 is 29.0 Å². The van der Waals surface area contributed by atoms with Gasteiger partial charge < -0.3 is 31.3 Å². The molecule has 1 aliphatic rings. The number of guanidine groups is 1. The van der Waals surface area contributed by atoms with Crippen molar-refractivity contribution in [1.82, 2.24) is 24.4 Å². The number of imidazole rings is 1. The number of aromatic nitrogens is 4. The highest BCUT2D eigenvalue weighted by molar-refractivity contribution is 5.83. The monoisotopic (exact) mass is 368 g/mol. The van der Waals surface area contributed by atoms with Crippen molar-refractivity contribution in [3.05, 3.63) is 16.7 Å². The Balaban J connectivity index is 0.000000209. The molecule has 2 aromatic heterocycles. The summed E-state index contributed by atoms with van der Waals surface area (Å²) in [6.45, 7) is 1.49. The molecule has 0 amide bonds. The average molecular weight is 368 g/mol. The fraction of sp³-hybridized carbons (Fsp3) is 0.462. The normalized spacial score (nSPS) is 13.4. The number of aliphatic hydroxyl groups is 1. The van der Waals surface area contributed by atoms with E-state index in [1.54, 1.807) is 0 Å². The fourth-order valence-electron chi connectivity index (χ4n) is 2.12. The summed E-state index contributed by atoms with van der Waals surface area (Å²) in [6, 6.07) is 0. The van der Waals surface area contributed by atoms with Gasteiger partial charge in [0.05, 0.1) is 26.1 Å². The number of hydrogen-bond acceptors (Lipinski definition) is 10. The lowest BCUT2D eigenvalue weighted by atomic mass is 10.5. The van der Waals surface area contributed by atoms with Crippen LogP contribution in [0.15, 0.2) is 16.1 Å². The van der Waals surface area contributed by atoms with Crippen molar-refractivity contribution in [3.8, 4) is 0 Å². The first-order valence-electron chi connectivity index (χ1n) is 7.58. The third-order valence-electron chi connectivity index (χ3n) is 3.25. The second-order valence-electron chi connectivity index (χ2n) is 5.15.